The van der Waals surface area contributed by atoms with Gasteiger partial charge < -0.3 is 15.8 Å². The summed E-state index contributed by atoms with van der Waals surface area (Å²) >= 11 is 0. The lowest BCUT2D eigenvalue weighted by Crippen LogP contribution is -2.48. The Balaban J connectivity index is 2.39. The van der Waals surface area contributed by atoms with Gasteiger partial charge in [0.15, 0.2) is 0 Å². The van der Waals surface area contributed by atoms with Crippen LogP contribution in [0.15, 0.2) is 0 Å². The monoisotopic (exact) mass is 257 g/mol. The molecule has 1 fully saturated rings. The van der Waals surface area contributed by atoms with Gasteiger partial charge in [0.25, 0.3) is 0 Å². The first-order valence-electron chi connectivity index (χ1n) is 6.83. The fraction of sp³-hybridized carbons (Fsp3) is 0.923. The summed E-state index contributed by atoms with van der Waals surface area (Å²) in [6.07, 6.45) is 2.91. The molecule has 0 aromatic carbocycles. The van der Waals surface area contributed by atoms with Gasteiger partial charge in [0.1, 0.15) is 0 Å². The van der Waals surface area contributed by atoms with Crippen LogP contribution in [0.3, 0.4) is 0 Å². The second kappa shape index (κ2) is 7.71. The van der Waals surface area contributed by atoms with Crippen molar-refractivity contribution in [2.24, 2.45) is 5.73 Å². The number of carbonyl (C=O) groups is 1. The molecule has 0 bridgehead atoms. The van der Waals surface area contributed by atoms with Crippen molar-refractivity contribution >= 4 is 5.91 Å². The van der Waals surface area contributed by atoms with Crippen LogP contribution >= 0.6 is 0 Å². The summed E-state index contributed by atoms with van der Waals surface area (Å²) in [5, 5.41) is 2.92. The normalized spacial score (nSPS) is 20.1. The van der Waals surface area contributed by atoms with E-state index in [2.05, 4.69) is 10.2 Å². The first-order valence-corrected chi connectivity index (χ1v) is 6.83. The summed E-state index contributed by atoms with van der Waals surface area (Å²) < 4.78 is 5.35. The van der Waals surface area contributed by atoms with Crippen LogP contribution in [0.4, 0.5) is 0 Å². The Morgan fingerprint density at radius 1 is 1.44 bits per heavy atom. The van der Waals surface area contributed by atoms with E-state index in [4.69, 9.17) is 10.5 Å². The number of rotatable bonds is 6. The summed E-state index contributed by atoms with van der Waals surface area (Å²) in [5.74, 6) is 0.0920. The van der Waals surface area contributed by atoms with Gasteiger partial charge in [0.05, 0.1) is 6.10 Å². The Hall–Kier alpha value is -0.650. The zero-order valence-corrected chi connectivity index (χ0v) is 11.8. The van der Waals surface area contributed by atoms with E-state index in [1.165, 1.54) is 0 Å². The van der Waals surface area contributed by atoms with Gasteiger partial charge >= 0.3 is 0 Å². The molecule has 3 N–H and O–H groups in total. The van der Waals surface area contributed by atoms with Crippen LogP contribution in [0.1, 0.15) is 33.1 Å². The third kappa shape index (κ3) is 4.92. The average Bonchev–Trinajstić information content (AvgIpc) is 2.35. The van der Waals surface area contributed by atoms with Crippen LogP contribution in [0, 0.1) is 0 Å². The minimum atomic E-state index is 0.0920. The summed E-state index contributed by atoms with van der Waals surface area (Å²) in [6, 6.07) is 0.344. The number of hydrogen-bond donors (Lipinski definition) is 2. The van der Waals surface area contributed by atoms with Gasteiger partial charge in [0.2, 0.25) is 5.91 Å². The highest BCUT2D eigenvalue weighted by molar-refractivity contribution is 5.76. The first-order chi connectivity index (χ1) is 8.56. The molecular formula is C13H27N3O2. The molecule has 0 radical (unpaired) electrons. The summed E-state index contributed by atoms with van der Waals surface area (Å²) in [7, 11) is 1.76. The maximum Gasteiger partial charge on any atom is 0.221 e. The number of likely N-dealkylation sites (tertiary alicyclic amines) is 1. The molecule has 106 valence electrons. The number of nitrogens with one attached hydrogen (secondary N) is 1. The number of amides is 1. The van der Waals surface area contributed by atoms with Gasteiger partial charge in [-0.15, -0.1) is 0 Å². The largest absolute Gasteiger partial charge is 0.381 e. The minimum Gasteiger partial charge on any atom is -0.381 e. The highest BCUT2D eigenvalue weighted by Gasteiger charge is 2.25. The Labute approximate surface area is 110 Å². The Morgan fingerprint density at radius 3 is 2.50 bits per heavy atom. The lowest BCUT2D eigenvalue weighted by Gasteiger charge is -2.36. The molecule has 1 heterocycles. The first kappa shape index (κ1) is 15.4. The summed E-state index contributed by atoms with van der Waals surface area (Å²) in [6.45, 7) is 6.41. The molecule has 5 heteroatoms. The molecule has 0 aromatic heterocycles. The molecule has 18 heavy (non-hydrogen) atoms. The highest BCUT2D eigenvalue weighted by atomic mass is 16.5. The van der Waals surface area contributed by atoms with Crippen molar-refractivity contribution in [3.05, 3.63) is 0 Å². The van der Waals surface area contributed by atoms with Gasteiger partial charge in [-0.05, 0) is 26.7 Å². The molecule has 1 aliphatic rings. The maximum atomic E-state index is 11.8. The van der Waals surface area contributed by atoms with Crippen molar-refractivity contribution in [2.75, 3.05) is 26.7 Å². The average molecular weight is 257 g/mol. The van der Waals surface area contributed by atoms with Crippen molar-refractivity contribution in [3.8, 4) is 0 Å². The molecule has 1 unspecified atom stereocenters. The molecule has 0 saturated carbocycles. The zero-order valence-electron chi connectivity index (χ0n) is 11.8. The number of piperidine rings is 1. The number of nitrogens with two attached hydrogens (primary N) is 1. The lowest BCUT2D eigenvalue weighted by atomic mass is 10.0. The molecule has 0 aliphatic carbocycles. The van der Waals surface area contributed by atoms with Crippen LogP contribution in [-0.2, 0) is 9.53 Å². The molecule has 1 amide bonds. The quantitative estimate of drug-likeness (QED) is 0.720. The summed E-state index contributed by atoms with van der Waals surface area (Å²) in [5.41, 5.74) is 5.80. The van der Waals surface area contributed by atoms with Crippen LogP contribution in [0.5, 0.6) is 0 Å². The van der Waals surface area contributed by atoms with Crippen LogP contribution < -0.4 is 11.1 Å². The van der Waals surface area contributed by atoms with Crippen LogP contribution in [0.2, 0.25) is 0 Å². The van der Waals surface area contributed by atoms with Crippen LogP contribution in [-0.4, -0.2) is 55.7 Å². The maximum absolute atomic E-state index is 11.8. The molecule has 1 atom stereocenters. The second-order valence-corrected chi connectivity index (χ2v) is 5.29. The summed E-state index contributed by atoms with van der Waals surface area (Å²) in [4.78, 5) is 14.1. The van der Waals surface area contributed by atoms with Crippen molar-refractivity contribution in [1.29, 1.82) is 0 Å². The SMILES string of the molecule is COC1CCN(C(CN)CC(=O)NC(C)C)CC1. The number of methoxy groups -OCH3 is 1. The fourth-order valence-corrected chi connectivity index (χ4v) is 2.43. The van der Waals surface area contributed by atoms with E-state index in [9.17, 15) is 4.79 Å². The van der Waals surface area contributed by atoms with E-state index in [1.807, 2.05) is 13.8 Å². The predicted octanol–water partition coefficient (Wildman–Crippen LogP) is 0.339. The van der Waals surface area contributed by atoms with Crippen LogP contribution in [0.25, 0.3) is 0 Å². The van der Waals surface area contributed by atoms with Gasteiger partial charge in [-0.3, -0.25) is 9.69 Å². The Kier molecular flexibility index (Phi) is 6.60. The zero-order chi connectivity index (χ0) is 13.5. The molecule has 0 spiro atoms. The smallest absolute Gasteiger partial charge is 0.221 e. The van der Waals surface area contributed by atoms with E-state index >= 15 is 0 Å². The van der Waals surface area contributed by atoms with Gasteiger partial charge in [-0.1, -0.05) is 0 Å². The number of nitrogens with zero attached hydrogens (tertiary/aromatic N) is 1. The molecule has 5 nitrogen and oxygen atoms in total. The predicted molar refractivity (Wildman–Crippen MR) is 72.3 cm³/mol. The minimum absolute atomic E-state index is 0.0920. The Morgan fingerprint density at radius 2 is 2.06 bits per heavy atom. The van der Waals surface area contributed by atoms with E-state index in [0.29, 0.717) is 19.1 Å². The fourth-order valence-electron chi connectivity index (χ4n) is 2.43. The van der Waals surface area contributed by atoms with Gasteiger partial charge in [-0.25, -0.2) is 0 Å². The van der Waals surface area contributed by atoms with Crippen molar-refractivity contribution in [1.82, 2.24) is 10.2 Å². The van der Waals surface area contributed by atoms with Crippen molar-refractivity contribution in [2.45, 2.75) is 51.3 Å². The highest BCUT2D eigenvalue weighted by Crippen LogP contribution is 2.16. The molecule has 0 aromatic rings. The molecular weight excluding hydrogens is 230 g/mol. The molecule has 1 aliphatic heterocycles. The van der Waals surface area contributed by atoms with E-state index < -0.39 is 0 Å². The molecule has 1 saturated heterocycles. The topological polar surface area (TPSA) is 67.6 Å². The number of hydrogen-bond acceptors (Lipinski definition) is 4. The number of carbonyl (C=O) groups excluding carboxylic acids is 1. The van der Waals surface area contributed by atoms with Crippen molar-refractivity contribution in [3.63, 3.8) is 0 Å². The third-order valence-electron chi connectivity index (χ3n) is 3.47. The second-order valence-electron chi connectivity index (χ2n) is 5.29. The van der Waals surface area contributed by atoms with E-state index in [-0.39, 0.29) is 18.0 Å². The molecule has 1 rings (SSSR count). The van der Waals surface area contributed by atoms with Gasteiger partial charge in [-0.2, -0.15) is 0 Å². The van der Waals surface area contributed by atoms with E-state index in [1.54, 1.807) is 7.11 Å². The standard InChI is InChI=1S/C13H27N3O2/c1-10(2)15-13(17)8-11(9-14)16-6-4-12(18-3)5-7-16/h10-12H,4-9,14H2,1-3H3,(H,15,17). The lowest BCUT2D eigenvalue weighted by molar-refractivity contribution is -0.123. The van der Waals surface area contributed by atoms with Crippen molar-refractivity contribution < 1.29 is 9.53 Å². The van der Waals surface area contributed by atoms with E-state index in [0.717, 1.165) is 25.9 Å². The Bertz CT molecular complexity index is 251. The third-order valence-corrected chi connectivity index (χ3v) is 3.47. The van der Waals surface area contributed by atoms with Gasteiger partial charge in [0, 0.05) is 45.2 Å². The number of ether oxygens (including phenoxy) is 1.